The molecule has 1 heterocycles. The zero-order chi connectivity index (χ0) is 9.97. The molecule has 0 unspecified atom stereocenters. The summed E-state index contributed by atoms with van der Waals surface area (Å²) >= 11 is 0. The Morgan fingerprint density at radius 3 is 2.21 bits per heavy atom. The van der Waals surface area contributed by atoms with Gasteiger partial charge in [-0.25, -0.2) is 0 Å². The quantitative estimate of drug-likeness (QED) is 0.746. The van der Waals surface area contributed by atoms with Crippen LogP contribution in [0.15, 0.2) is 0 Å². The van der Waals surface area contributed by atoms with Gasteiger partial charge in [0.2, 0.25) is 0 Å². The molecule has 0 bridgehead atoms. The monoisotopic (exact) mass is 197 g/mol. The van der Waals surface area contributed by atoms with Crippen LogP contribution in [-0.4, -0.2) is 35.7 Å². The number of aliphatic hydroxyl groups excluding tert-OH is 1. The fourth-order valence-electron chi connectivity index (χ4n) is 2.86. The largest absolute Gasteiger partial charge is 0.396 e. The van der Waals surface area contributed by atoms with E-state index in [0.717, 1.165) is 12.0 Å². The molecule has 1 saturated carbocycles. The molecule has 1 aliphatic carbocycles. The minimum Gasteiger partial charge on any atom is -0.396 e. The zero-order valence-electron chi connectivity index (χ0n) is 9.28. The average molecular weight is 197 g/mol. The van der Waals surface area contributed by atoms with E-state index < -0.39 is 0 Å². The highest BCUT2D eigenvalue weighted by Gasteiger charge is 2.33. The van der Waals surface area contributed by atoms with Crippen LogP contribution in [-0.2, 0) is 0 Å². The van der Waals surface area contributed by atoms with E-state index in [1.165, 1.54) is 45.2 Å². The smallest absolute Gasteiger partial charge is 0.0459 e. The third-order valence-corrected chi connectivity index (χ3v) is 4.15. The number of likely N-dealkylation sites (tertiary alicyclic amines) is 1. The molecule has 0 amide bonds. The second-order valence-electron chi connectivity index (χ2n) is 5.09. The summed E-state index contributed by atoms with van der Waals surface area (Å²) in [6.07, 6.45) is 6.48. The zero-order valence-corrected chi connectivity index (χ0v) is 9.28. The summed E-state index contributed by atoms with van der Waals surface area (Å²) in [5.41, 5.74) is 0. The molecule has 14 heavy (non-hydrogen) atoms. The van der Waals surface area contributed by atoms with Crippen LogP contribution in [0.2, 0.25) is 0 Å². The van der Waals surface area contributed by atoms with Crippen molar-refractivity contribution >= 4 is 0 Å². The molecular weight excluding hydrogens is 174 g/mol. The van der Waals surface area contributed by atoms with Gasteiger partial charge >= 0.3 is 0 Å². The molecule has 0 atom stereocenters. The van der Waals surface area contributed by atoms with E-state index in [0.29, 0.717) is 12.5 Å². The van der Waals surface area contributed by atoms with Gasteiger partial charge in [0, 0.05) is 25.7 Å². The molecule has 2 rings (SSSR count). The van der Waals surface area contributed by atoms with Crippen molar-refractivity contribution in [3.63, 3.8) is 0 Å². The first-order chi connectivity index (χ1) is 6.83. The summed E-state index contributed by atoms with van der Waals surface area (Å²) in [4.78, 5) is 2.65. The van der Waals surface area contributed by atoms with E-state index in [-0.39, 0.29) is 0 Å². The van der Waals surface area contributed by atoms with Gasteiger partial charge in [0.15, 0.2) is 0 Å². The number of rotatable bonds is 3. The fourth-order valence-corrected chi connectivity index (χ4v) is 2.86. The van der Waals surface area contributed by atoms with Crippen LogP contribution in [0.25, 0.3) is 0 Å². The molecule has 1 aliphatic heterocycles. The van der Waals surface area contributed by atoms with Crippen molar-refractivity contribution in [1.82, 2.24) is 4.90 Å². The molecule has 0 aromatic carbocycles. The highest BCUT2D eigenvalue weighted by molar-refractivity contribution is 4.87. The second kappa shape index (κ2) is 4.63. The van der Waals surface area contributed by atoms with Crippen LogP contribution < -0.4 is 0 Å². The second-order valence-corrected chi connectivity index (χ2v) is 5.09. The number of hydrogen-bond acceptors (Lipinski definition) is 2. The van der Waals surface area contributed by atoms with E-state index in [1.807, 2.05) is 0 Å². The minimum absolute atomic E-state index is 0.407. The van der Waals surface area contributed by atoms with Gasteiger partial charge in [0.1, 0.15) is 0 Å². The number of aliphatic hydroxyl groups is 1. The first kappa shape index (κ1) is 10.4. The SMILES string of the molecule is CCC1CN(C2CCC(CO)CC2)C1. The van der Waals surface area contributed by atoms with Crippen molar-refractivity contribution < 1.29 is 5.11 Å². The number of hydrogen-bond donors (Lipinski definition) is 1. The van der Waals surface area contributed by atoms with Gasteiger partial charge in [0.25, 0.3) is 0 Å². The lowest BCUT2D eigenvalue weighted by Crippen LogP contribution is -2.52. The Morgan fingerprint density at radius 2 is 1.71 bits per heavy atom. The van der Waals surface area contributed by atoms with Crippen LogP contribution in [0, 0.1) is 11.8 Å². The van der Waals surface area contributed by atoms with E-state index >= 15 is 0 Å². The molecule has 0 aromatic heterocycles. The molecule has 1 saturated heterocycles. The Bertz CT molecular complexity index is 169. The van der Waals surface area contributed by atoms with Gasteiger partial charge in [-0.1, -0.05) is 13.3 Å². The molecule has 0 radical (unpaired) electrons. The average Bonchev–Trinajstić information content (AvgIpc) is 2.17. The molecular formula is C12H23NO. The molecule has 0 aromatic rings. The first-order valence-corrected chi connectivity index (χ1v) is 6.18. The van der Waals surface area contributed by atoms with E-state index in [1.54, 1.807) is 0 Å². The van der Waals surface area contributed by atoms with Gasteiger partial charge in [0.05, 0.1) is 0 Å². The highest BCUT2D eigenvalue weighted by atomic mass is 16.3. The van der Waals surface area contributed by atoms with E-state index in [4.69, 9.17) is 5.11 Å². The van der Waals surface area contributed by atoms with Crippen molar-refractivity contribution in [1.29, 1.82) is 0 Å². The highest BCUT2D eigenvalue weighted by Crippen LogP contribution is 2.31. The lowest BCUT2D eigenvalue weighted by molar-refractivity contribution is 0.0210. The Morgan fingerprint density at radius 1 is 1.07 bits per heavy atom. The van der Waals surface area contributed by atoms with Gasteiger partial charge in [-0.2, -0.15) is 0 Å². The molecule has 0 spiro atoms. The maximum Gasteiger partial charge on any atom is 0.0459 e. The van der Waals surface area contributed by atoms with Crippen LogP contribution in [0.3, 0.4) is 0 Å². The molecule has 82 valence electrons. The summed E-state index contributed by atoms with van der Waals surface area (Å²) < 4.78 is 0. The Kier molecular flexibility index (Phi) is 3.45. The Labute approximate surface area is 87.3 Å². The van der Waals surface area contributed by atoms with Crippen molar-refractivity contribution in [2.24, 2.45) is 11.8 Å². The molecule has 2 heteroatoms. The third kappa shape index (κ3) is 2.12. The normalized spacial score (nSPS) is 35.6. The van der Waals surface area contributed by atoms with Crippen molar-refractivity contribution in [3.05, 3.63) is 0 Å². The lowest BCUT2D eigenvalue weighted by Gasteiger charge is -2.46. The Balaban J connectivity index is 1.69. The van der Waals surface area contributed by atoms with Crippen molar-refractivity contribution in [3.8, 4) is 0 Å². The summed E-state index contributed by atoms with van der Waals surface area (Å²) in [6, 6.07) is 0.848. The van der Waals surface area contributed by atoms with Crippen LogP contribution in [0.5, 0.6) is 0 Å². The van der Waals surface area contributed by atoms with Crippen molar-refractivity contribution in [2.75, 3.05) is 19.7 Å². The Hall–Kier alpha value is -0.0800. The number of nitrogens with zero attached hydrogens (tertiary/aromatic N) is 1. The third-order valence-electron chi connectivity index (χ3n) is 4.15. The lowest BCUT2D eigenvalue weighted by atomic mass is 9.83. The molecule has 2 nitrogen and oxygen atoms in total. The maximum atomic E-state index is 9.05. The predicted octanol–water partition coefficient (Wildman–Crippen LogP) is 1.88. The van der Waals surface area contributed by atoms with Crippen LogP contribution >= 0.6 is 0 Å². The van der Waals surface area contributed by atoms with Crippen LogP contribution in [0.4, 0.5) is 0 Å². The summed E-state index contributed by atoms with van der Waals surface area (Å²) in [6.45, 7) is 5.38. The standard InChI is InChI=1S/C12H23NO/c1-2-10-7-13(8-10)12-5-3-11(9-14)4-6-12/h10-12,14H,2-9H2,1H3. The predicted molar refractivity (Wildman–Crippen MR) is 58.2 cm³/mol. The summed E-state index contributed by atoms with van der Waals surface area (Å²) in [5.74, 6) is 1.58. The van der Waals surface area contributed by atoms with Gasteiger partial charge in [-0.15, -0.1) is 0 Å². The maximum absolute atomic E-state index is 9.05. The van der Waals surface area contributed by atoms with Gasteiger partial charge in [-0.3, -0.25) is 4.90 Å². The fraction of sp³-hybridized carbons (Fsp3) is 1.00. The minimum atomic E-state index is 0.407. The van der Waals surface area contributed by atoms with Crippen LogP contribution in [0.1, 0.15) is 39.0 Å². The molecule has 2 fully saturated rings. The molecule has 1 N–H and O–H groups in total. The first-order valence-electron chi connectivity index (χ1n) is 6.18. The molecule has 2 aliphatic rings. The van der Waals surface area contributed by atoms with E-state index in [2.05, 4.69) is 11.8 Å². The summed E-state index contributed by atoms with van der Waals surface area (Å²) in [7, 11) is 0. The van der Waals surface area contributed by atoms with Gasteiger partial charge < -0.3 is 5.11 Å². The van der Waals surface area contributed by atoms with Gasteiger partial charge in [-0.05, 0) is 37.5 Å². The topological polar surface area (TPSA) is 23.5 Å². The summed E-state index contributed by atoms with van der Waals surface area (Å²) in [5, 5.41) is 9.05. The van der Waals surface area contributed by atoms with Crippen molar-refractivity contribution in [2.45, 2.75) is 45.1 Å². The van der Waals surface area contributed by atoms with E-state index in [9.17, 15) is 0 Å².